The van der Waals surface area contributed by atoms with E-state index in [1.54, 1.807) is 28.8 Å². The maximum atomic E-state index is 14.4. The maximum absolute atomic E-state index is 14.4. The number of aromatic nitrogens is 1. The van der Waals surface area contributed by atoms with Gasteiger partial charge in [0.25, 0.3) is 5.56 Å². The normalized spacial score (nSPS) is 27.5. The van der Waals surface area contributed by atoms with Crippen LogP contribution in [-0.4, -0.2) is 46.8 Å². The molecule has 1 saturated carbocycles. The number of nitrogens with zero attached hydrogens (tertiary/aromatic N) is 2. The highest BCUT2D eigenvalue weighted by atomic mass is 19.1. The zero-order chi connectivity index (χ0) is 22.4. The summed E-state index contributed by atoms with van der Waals surface area (Å²) in [5.74, 6) is -1.08. The predicted octanol–water partition coefficient (Wildman–Crippen LogP) is 2.98. The van der Waals surface area contributed by atoms with Crippen LogP contribution in [0.15, 0.2) is 41.2 Å². The van der Waals surface area contributed by atoms with Crippen molar-refractivity contribution in [1.82, 2.24) is 9.47 Å². The monoisotopic (exact) mass is 440 g/mol. The van der Waals surface area contributed by atoms with Crippen LogP contribution in [0.1, 0.15) is 37.4 Å². The molecule has 5 rings (SSSR count). The Hall–Kier alpha value is -2.51. The minimum atomic E-state index is -0.538. The van der Waals surface area contributed by atoms with Crippen LogP contribution in [0, 0.1) is 23.6 Å². The third kappa shape index (κ3) is 3.30. The average molecular weight is 441 g/mol. The van der Waals surface area contributed by atoms with E-state index in [2.05, 4.69) is 4.90 Å². The van der Waals surface area contributed by atoms with Crippen LogP contribution in [0.4, 0.5) is 4.39 Å². The summed E-state index contributed by atoms with van der Waals surface area (Å²) in [5.41, 5.74) is 1.07. The summed E-state index contributed by atoms with van der Waals surface area (Å²) in [7, 11) is 1.37. The van der Waals surface area contributed by atoms with E-state index in [1.165, 1.54) is 38.9 Å². The summed E-state index contributed by atoms with van der Waals surface area (Å²) < 4.78 is 21.2. The first kappa shape index (κ1) is 21.3. The summed E-state index contributed by atoms with van der Waals surface area (Å²) in [4.78, 5) is 28.6. The molecule has 1 aliphatic carbocycles. The van der Waals surface area contributed by atoms with E-state index in [0.29, 0.717) is 18.0 Å². The van der Waals surface area contributed by atoms with Crippen molar-refractivity contribution in [1.29, 1.82) is 0 Å². The van der Waals surface area contributed by atoms with Gasteiger partial charge < -0.3 is 14.4 Å². The number of benzene rings is 1. The number of halogens is 1. The van der Waals surface area contributed by atoms with Crippen LogP contribution < -0.4 is 5.56 Å². The van der Waals surface area contributed by atoms with Gasteiger partial charge in [-0.1, -0.05) is 31.0 Å². The van der Waals surface area contributed by atoms with Gasteiger partial charge in [-0.2, -0.15) is 0 Å². The van der Waals surface area contributed by atoms with Crippen LogP contribution in [-0.2, 0) is 16.1 Å². The highest BCUT2D eigenvalue weighted by Crippen LogP contribution is 2.49. The summed E-state index contributed by atoms with van der Waals surface area (Å²) in [6.07, 6.45) is 4.78. The second-order valence-electron chi connectivity index (χ2n) is 9.32. The standard InChI is InChI=1S/C25H29FN2O4/c1-32-25(31)22-18(14-29)21-13-28-20(23(22)27(21)12-15-6-2-3-7-15)11-10-17(24(28)30)16-8-4-5-9-19(16)26/h4-5,8-11,15,18,21-23,29H,2-3,6-7,12-14H2,1H3/t18-,21-,22+,23+/m0/s1. The van der Waals surface area contributed by atoms with E-state index in [0.717, 1.165) is 12.2 Å². The van der Waals surface area contributed by atoms with Gasteiger partial charge in [0.15, 0.2) is 0 Å². The second kappa shape index (κ2) is 8.45. The van der Waals surface area contributed by atoms with Crippen molar-refractivity contribution in [3.8, 4) is 11.1 Å². The summed E-state index contributed by atoms with van der Waals surface area (Å²) in [5, 5.41) is 10.3. The minimum Gasteiger partial charge on any atom is -0.469 e. The number of carbonyl (C=O) groups excluding carboxylic acids is 1. The van der Waals surface area contributed by atoms with Crippen molar-refractivity contribution in [2.45, 2.75) is 44.3 Å². The lowest BCUT2D eigenvalue weighted by Crippen LogP contribution is -2.48. The van der Waals surface area contributed by atoms with Gasteiger partial charge in [-0.15, -0.1) is 0 Å². The number of aliphatic hydroxyl groups is 1. The van der Waals surface area contributed by atoms with Crippen molar-refractivity contribution in [3.05, 3.63) is 58.3 Å². The van der Waals surface area contributed by atoms with Gasteiger partial charge in [0.1, 0.15) is 5.82 Å². The Kier molecular flexibility index (Phi) is 5.63. The number of esters is 1. The van der Waals surface area contributed by atoms with Crippen molar-refractivity contribution in [2.24, 2.45) is 17.8 Å². The summed E-state index contributed by atoms with van der Waals surface area (Å²) >= 11 is 0. The number of aliphatic hydroxyl groups excluding tert-OH is 1. The van der Waals surface area contributed by atoms with Gasteiger partial charge in [0.05, 0.1) is 24.6 Å². The van der Waals surface area contributed by atoms with Crippen molar-refractivity contribution in [3.63, 3.8) is 0 Å². The first-order valence-electron chi connectivity index (χ1n) is 11.5. The molecule has 2 aromatic rings. The highest BCUT2D eigenvalue weighted by Gasteiger charge is 2.56. The fraction of sp³-hybridized carbons (Fsp3) is 0.520. The third-order valence-electron chi connectivity index (χ3n) is 7.75. The number of hydrogen-bond donors (Lipinski definition) is 1. The van der Waals surface area contributed by atoms with Gasteiger partial charge in [-0.25, -0.2) is 4.39 Å². The molecule has 1 aromatic heterocycles. The van der Waals surface area contributed by atoms with Crippen LogP contribution in [0.2, 0.25) is 0 Å². The van der Waals surface area contributed by atoms with E-state index >= 15 is 0 Å². The fourth-order valence-corrected chi connectivity index (χ4v) is 6.25. The number of rotatable bonds is 5. The molecule has 6 nitrogen and oxygen atoms in total. The van der Waals surface area contributed by atoms with Crippen molar-refractivity contribution < 1.29 is 19.0 Å². The Bertz CT molecular complexity index is 1080. The van der Waals surface area contributed by atoms with Gasteiger partial charge in [0, 0.05) is 42.9 Å². The molecule has 0 amide bonds. The number of ether oxygens (including phenoxy) is 1. The molecule has 1 N–H and O–H groups in total. The lowest BCUT2D eigenvalue weighted by molar-refractivity contribution is -0.148. The largest absolute Gasteiger partial charge is 0.469 e. The summed E-state index contributed by atoms with van der Waals surface area (Å²) in [6, 6.07) is 9.31. The predicted molar refractivity (Wildman–Crippen MR) is 117 cm³/mol. The van der Waals surface area contributed by atoms with E-state index in [1.807, 2.05) is 6.07 Å². The Morgan fingerprint density at radius 2 is 1.91 bits per heavy atom. The molecule has 0 radical (unpaired) electrons. The topological polar surface area (TPSA) is 71.8 Å². The number of carbonyl (C=O) groups is 1. The van der Waals surface area contributed by atoms with E-state index in [9.17, 15) is 19.1 Å². The number of pyridine rings is 1. The molecule has 1 saturated heterocycles. The molecular formula is C25H29FN2O4. The molecule has 2 aliphatic heterocycles. The molecule has 32 heavy (non-hydrogen) atoms. The minimum absolute atomic E-state index is 0.143. The molecule has 7 heteroatoms. The highest BCUT2D eigenvalue weighted by molar-refractivity contribution is 5.75. The number of methoxy groups -OCH3 is 1. The van der Waals surface area contributed by atoms with Gasteiger partial charge in [0.2, 0.25) is 0 Å². The van der Waals surface area contributed by atoms with Gasteiger partial charge in [-0.3, -0.25) is 14.5 Å². The molecule has 3 aliphatic rings. The second-order valence-corrected chi connectivity index (χ2v) is 9.32. The lowest BCUT2D eigenvalue weighted by Gasteiger charge is -2.39. The van der Waals surface area contributed by atoms with E-state index in [-0.39, 0.29) is 41.7 Å². The summed E-state index contributed by atoms with van der Waals surface area (Å²) in [6.45, 7) is 1.08. The third-order valence-corrected chi connectivity index (χ3v) is 7.75. The van der Waals surface area contributed by atoms with Crippen LogP contribution in [0.25, 0.3) is 11.1 Å². The van der Waals surface area contributed by atoms with Crippen LogP contribution in [0.3, 0.4) is 0 Å². The molecule has 3 heterocycles. The molecule has 2 fully saturated rings. The smallest absolute Gasteiger partial charge is 0.311 e. The Morgan fingerprint density at radius 1 is 1.16 bits per heavy atom. The zero-order valence-electron chi connectivity index (χ0n) is 18.2. The molecule has 0 unspecified atom stereocenters. The van der Waals surface area contributed by atoms with Gasteiger partial charge >= 0.3 is 5.97 Å². The van der Waals surface area contributed by atoms with E-state index in [4.69, 9.17) is 4.74 Å². The van der Waals surface area contributed by atoms with Crippen molar-refractivity contribution in [2.75, 3.05) is 20.3 Å². The SMILES string of the molecule is COC(=O)[C@@H]1[C@@H](CO)[C@@H]2Cn3c(ccc(-c4ccccc4F)c3=O)[C@H]1N2CC1CCCC1. The Morgan fingerprint density at radius 3 is 2.59 bits per heavy atom. The average Bonchev–Trinajstić information content (AvgIpc) is 3.38. The first-order chi connectivity index (χ1) is 15.5. The zero-order valence-corrected chi connectivity index (χ0v) is 18.2. The quantitative estimate of drug-likeness (QED) is 0.724. The first-order valence-corrected chi connectivity index (χ1v) is 11.5. The number of fused-ring (bicyclic) bond motifs is 4. The van der Waals surface area contributed by atoms with Crippen LogP contribution >= 0.6 is 0 Å². The van der Waals surface area contributed by atoms with E-state index < -0.39 is 11.7 Å². The van der Waals surface area contributed by atoms with Crippen molar-refractivity contribution >= 4 is 5.97 Å². The molecule has 0 spiro atoms. The fourth-order valence-electron chi connectivity index (χ4n) is 6.25. The molecule has 4 atom stereocenters. The van der Waals surface area contributed by atoms with Gasteiger partial charge in [-0.05, 0) is 37.0 Å². The Balaban J connectivity index is 1.62. The van der Waals surface area contributed by atoms with Crippen LogP contribution in [0.5, 0.6) is 0 Å². The number of hydrogen-bond acceptors (Lipinski definition) is 5. The lowest BCUT2D eigenvalue weighted by atomic mass is 9.87. The molecule has 170 valence electrons. The molecular weight excluding hydrogens is 411 g/mol. The molecule has 2 bridgehead atoms. The maximum Gasteiger partial charge on any atom is 0.311 e. The molecule has 1 aromatic carbocycles. The Labute approximate surface area is 186 Å².